The molecule has 0 radical (unpaired) electrons. The molecule has 0 heterocycles. The summed E-state index contributed by atoms with van der Waals surface area (Å²) in [5, 5.41) is 22.1. The Morgan fingerprint density at radius 1 is 1.12 bits per heavy atom. The van der Waals surface area contributed by atoms with Gasteiger partial charge >= 0.3 is 12.1 Å². The smallest absolute Gasteiger partial charge is 0.478 e. The molecule has 0 amide bonds. The average Bonchev–Trinajstić information content (AvgIpc) is 3.50. The number of alkyl halides is 2. The number of ketones is 1. The van der Waals surface area contributed by atoms with Crippen LogP contribution in [0.15, 0.2) is 23.8 Å². The van der Waals surface area contributed by atoms with Crippen LogP contribution < -0.4 is 0 Å². The van der Waals surface area contributed by atoms with Gasteiger partial charge < -0.3 is 19.7 Å². The van der Waals surface area contributed by atoms with Crippen molar-refractivity contribution in [3.05, 3.63) is 23.8 Å². The molecule has 0 aromatic heterocycles. The monoisotopic (exact) mass is 562 g/mol. The summed E-state index contributed by atoms with van der Waals surface area (Å²) < 4.78 is 44.6. The van der Waals surface area contributed by atoms with Crippen LogP contribution in [0.2, 0.25) is 0 Å². The Morgan fingerprint density at radius 2 is 1.80 bits per heavy atom. The molecule has 0 bridgehead atoms. The van der Waals surface area contributed by atoms with E-state index in [0.717, 1.165) is 25.3 Å². The van der Waals surface area contributed by atoms with Crippen LogP contribution in [0.25, 0.3) is 0 Å². The molecule has 0 aliphatic heterocycles. The molecule has 9 heteroatoms. The van der Waals surface area contributed by atoms with E-state index < -0.39 is 76.1 Å². The molecule has 220 valence electrons. The summed E-state index contributed by atoms with van der Waals surface area (Å²) >= 11 is 0. The molecule has 1 spiro atoms. The quantitative estimate of drug-likeness (QED) is 0.445. The first-order chi connectivity index (χ1) is 18.6. The second-order valence-corrected chi connectivity index (χ2v) is 14.2. The summed E-state index contributed by atoms with van der Waals surface area (Å²) in [4.78, 5) is 38.4. The lowest BCUT2D eigenvalue weighted by molar-refractivity contribution is -0.232. The fraction of sp³-hybridized carbons (Fsp3) is 0.774. The van der Waals surface area contributed by atoms with Crippen LogP contribution in [0.3, 0.4) is 0 Å². The number of allylic oxidation sites excluding steroid dienone is 4. The van der Waals surface area contributed by atoms with Crippen molar-refractivity contribution in [3.8, 4) is 0 Å². The van der Waals surface area contributed by atoms with Crippen molar-refractivity contribution in [2.24, 2.45) is 45.8 Å². The number of ether oxygens (including phenoxy) is 2. The van der Waals surface area contributed by atoms with Crippen LogP contribution in [0.1, 0.15) is 73.1 Å². The minimum Gasteiger partial charge on any atom is -0.478 e. The zero-order valence-corrected chi connectivity index (χ0v) is 23.8. The molecule has 6 rings (SSSR count). The molecule has 40 heavy (non-hydrogen) atoms. The van der Waals surface area contributed by atoms with E-state index in [4.69, 9.17) is 9.47 Å². The molecule has 0 aromatic rings. The van der Waals surface area contributed by atoms with Gasteiger partial charge in [0.25, 0.3) is 0 Å². The highest BCUT2D eigenvalue weighted by atomic mass is 19.1. The van der Waals surface area contributed by atoms with Gasteiger partial charge in [0.15, 0.2) is 11.5 Å². The van der Waals surface area contributed by atoms with Crippen molar-refractivity contribution in [1.29, 1.82) is 0 Å². The number of carboxylic acids is 1. The second-order valence-electron chi connectivity index (χ2n) is 14.2. The highest BCUT2D eigenvalue weighted by molar-refractivity contribution is 6.01. The highest BCUT2D eigenvalue weighted by Crippen LogP contribution is 2.72. The van der Waals surface area contributed by atoms with Crippen LogP contribution in [0.4, 0.5) is 13.6 Å². The molecule has 6 aliphatic rings. The summed E-state index contributed by atoms with van der Waals surface area (Å²) in [6, 6.07) is 0. The number of halogens is 2. The second kappa shape index (κ2) is 8.39. The molecule has 7 nitrogen and oxygen atoms in total. The molecule has 2 N–H and O–H groups in total. The molecule has 0 saturated heterocycles. The Morgan fingerprint density at radius 3 is 2.38 bits per heavy atom. The number of fused-ring (bicyclic) bond motifs is 5. The molecule has 13 atom stereocenters. The number of carbonyl (C=O) groups is 3. The maximum Gasteiger partial charge on any atom is 0.509 e. The maximum atomic E-state index is 17.4. The largest absolute Gasteiger partial charge is 0.509 e. The zero-order chi connectivity index (χ0) is 29.2. The van der Waals surface area contributed by atoms with Gasteiger partial charge in [0.1, 0.15) is 12.3 Å². The molecular formula is C31H40F2O7. The van der Waals surface area contributed by atoms with Crippen LogP contribution in [0.5, 0.6) is 0 Å². The first-order valence-corrected chi connectivity index (χ1v) is 14.7. The molecule has 2 unspecified atom stereocenters. The first kappa shape index (κ1) is 27.9. The third-order valence-corrected chi connectivity index (χ3v) is 12.7. The normalized spacial score (nSPS) is 53.0. The fourth-order valence-electron chi connectivity index (χ4n) is 10.4. The standard InChI is InChI=1S/C31H40F2O7/c1-15-10-20-21-12-23(32)22-11-18(34)6-8-27(22,4)30(21,33)24(35)14-28(20,5)31(15,25(36)37)40-26(38)39-17(3)19-7-9-29(19)13-16(29)2/h6,8,11,15-17,19-21,23-24,35H,7,9-10,12-14H2,1-5H3,(H,36,37)/t15-,16-,17?,19+,20+,21+,23+,24+,27+,28+,29?,30+,31+/m1/s1. The molecular weight excluding hydrogens is 522 g/mol. The maximum absolute atomic E-state index is 17.4. The third-order valence-electron chi connectivity index (χ3n) is 12.7. The molecule has 0 aromatic carbocycles. The Hall–Kier alpha value is -2.29. The van der Waals surface area contributed by atoms with Crippen molar-refractivity contribution >= 4 is 17.9 Å². The summed E-state index contributed by atoms with van der Waals surface area (Å²) in [6.45, 7) is 8.76. The predicted molar refractivity (Wildman–Crippen MR) is 140 cm³/mol. The minimum atomic E-state index is -2.34. The number of hydrogen-bond acceptors (Lipinski definition) is 6. The summed E-state index contributed by atoms with van der Waals surface area (Å²) in [5.74, 6) is -3.56. The SMILES string of the molecule is CC(OC(=O)O[C@]1(C(=O)O)[C@H](C)C[C@H]2[C@@H]3C[C@H](F)C4=CC(=O)C=C[C@]4(C)[C@@]3(F)[C@@H](O)C[C@@]21C)[C@@H]1CCC12C[C@H]2C. The van der Waals surface area contributed by atoms with Crippen LogP contribution in [0, 0.1) is 45.8 Å². The van der Waals surface area contributed by atoms with Gasteiger partial charge in [-0.15, -0.1) is 0 Å². The van der Waals surface area contributed by atoms with Gasteiger partial charge in [-0.1, -0.05) is 26.8 Å². The first-order valence-electron chi connectivity index (χ1n) is 14.7. The van der Waals surface area contributed by atoms with E-state index in [1.165, 1.54) is 19.1 Å². The van der Waals surface area contributed by atoms with E-state index >= 15 is 8.78 Å². The summed E-state index contributed by atoms with van der Waals surface area (Å²) in [6.07, 6.45) is 1.51. The predicted octanol–water partition coefficient (Wildman–Crippen LogP) is 5.35. The Balaban J connectivity index is 1.32. The third kappa shape index (κ3) is 3.16. The Kier molecular flexibility index (Phi) is 5.84. The Bertz CT molecular complexity index is 1230. The van der Waals surface area contributed by atoms with Gasteiger partial charge in [0, 0.05) is 28.6 Å². The number of aliphatic hydroxyl groups is 1. The van der Waals surface area contributed by atoms with E-state index in [1.54, 1.807) is 13.8 Å². The van der Waals surface area contributed by atoms with Crippen molar-refractivity contribution in [2.75, 3.05) is 0 Å². The number of carbonyl (C=O) groups excluding carboxylic acids is 2. The van der Waals surface area contributed by atoms with Crippen LogP contribution >= 0.6 is 0 Å². The topological polar surface area (TPSA) is 110 Å². The number of carboxylic acid groups (broad SMARTS) is 1. The van der Waals surface area contributed by atoms with Crippen molar-refractivity contribution in [3.63, 3.8) is 0 Å². The molecule has 6 aliphatic carbocycles. The summed E-state index contributed by atoms with van der Waals surface area (Å²) in [5.41, 5.74) is -7.20. The van der Waals surface area contributed by atoms with E-state index in [0.29, 0.717) is 5.92 Å². The number of aliphatic carboxylic acids is 1. The number of hydrogen-bond donors (Lipinski definition) is 2. The van der Waals surface area contributed by atoms with Gasteiger partial charge in [-0.3, -0.25) is 4.79 Å². The van der Waals surface area contributed by atoms with Gasteiger partial charge in [-0.05, 0) is 87.3 Å². The average molecular weight is 563 g/mol. The zero-order valence-electron chi connectivity index (χ0n) is 23.8. The van der Waals surface area contributed by atoms with Crippen molar-refractivity contribution in [2.45, 2.75) is 103 Å². The summed E-state index contributed by atoms with van der Waals surface area (Å²) in [7, 11) is 0. The molecule has 5 saturated carbocycles. The molecule has 5 fully saturated rings. The van der Waals surface area contributed by atoms with E-state index in [1.807, 2.05) is 6.92 Å². The van der Waals surface area contributed by atoms with Gasteiger partial charge in [0.05, 0.1) is 6.10 Å². The highest BCUT2D eigenvalue weighted by Gasteiger charge is 2.78. The van der Waals surface area contributed by atoms with Gasteiger partial charge in [-0.25, -0.2) is 18.4 Å². The van der Waals surface area contributed by atoms with E-state index in [2.05, 4.69) is 6.92 Å². The van der Waals surface area contributed by atoms with Crippen LogP contribution in [-0.4, -0.2) is 57.8 Å². The number of aliphatic hydroxyl groups excluding tert-OH is 1. The van der Waals surface area contributed by atoms with E-state index in [-0.39, 0.29) is 36.2 Å². The lowest BCUT2D eigenvalue weighted by Gasteiger charge is -2.62. The lowest BCUT2D eigenvalue weighted by atomic mass is 9.44. The van der Waals surface area contributed by atoms with Gasteiger partial charge in [-0.2, -0.15) is 0 Å². The van der Waals surface area contributed by atoms with Crippen molar-refractivity contribution in [1.82, 2.24) is 0 Å². The minimum absolute atomic E-state index is 0.00417. The van der Waals surface area contributed by atoms with E-state index in [9.17, 15) is 24.6 Å². The van der Waals surface area contributed by atoms with Gasteiger partial charge in [0.2, 0.25) is 5.60 Å². The van der Waals surface area contributed by atoms with Crippen molar-refractivity contribution < 1.29 is 42.9 Å². The fourth-order valence-corrected chi connectivity index (χ4v) is 10.4. The Labute approximate surface area is 233 Å². The number of rotatable bonds is 4. The van der Waals surface area contributed by atoms with Crippen LogP contribution in [-0.2, 0) is 19.1 Å². The lowest BCUT2D eigenvalue weighted by Crippen LogP contribution is -2.71.